The van der Waals surface area contributed by atoms with Crippen LogP contribution in [0.25, 0.3) is 11.1 Å². The first-order valence-corrected chi connectivity index (χ1v) is 16.2. The predicted molar refractivity (Wildman–Crippen MR) is 182 cm³/mol. The van der Waals surface area contributed by atoms with Crippen molar-refractivity contribution in [3.05, 3.63) is 78.4 Å². The highest BCUT2D eigenvalue weighted by Crippen LogP contribution is 2.28. The molecule has 0 unspecified atom stereocenters. The van der Waals surface area contributed by atoms with E-state index in [1.807, 2.05) is 54.6 Å². The molecule has 0 spiro atoms. The number of phenolic OH excluding ortho intramolecular Hbond substituents is 1. The molecule has 0 bridgehead atoms. The fourth-order valence-electron chi connectivity index (χ4n) is 5.44. The molecule has 12 nitrogen and oxygen atoms in total. The molecule has 1 aliphatic rings. The van der Waals surface area contributed by atoms with Gasteiger partial charge in [0.25, 0.3) is 0 Å². The van der Waals surface area contributed by atoms with Gasteiger partial charge in [-0.25, -0.2) is 9.59 Å². The van der Waals surface area contributed by atoms with Crippen molar-refractivity contribution < 1.29 is 29.3 Å². The summed E-state index contributed by atoms with van der Waals surface area (Å²) in [6.45, 7) is 4.49. The zero-order chi connectivity index (χ0) is 33.3. The number of carbonyl (C=O) groups excluding carboxylic acids is 3. The molecule has 1 heterocycles. The maximum atomic E-state index is 12.6. The van der Waals surface area contributed by atoms with Crippen LogP contribution in [0.1, 0.15) is 43.8 Å². The maximum absolute atomic E-state index is 12.6. The first kappa shape index (κ1) is 35.2. The Morgan fingerprint density at radius 3 is 2.40 bits per heavy atom. The van der Waals surface area contributed by atoms with E-state index in [4.69, 9.17) is 4.74 Å². The largest absolute Gasteiger partial charge is 0.506 e. The van der Waals surface area contributed by atoms with Crippen LogP contribution < -0.4 is 26.6 Å². The number of hydrogen-bond donors (Lipinski definition) is 7. The SMILES string of the molecule is O=CNc1cc([C@H](O)CNCCCCCNC(=O)NCCN2CCC(OC(=O)Nc3ccccc3-c3ccccc3)CC2)ccc1O. The van der Waals surface area contributed by atoms with Gasteiger partial charge in [-0.05, 0) is 61.6 Å². The van der Waals surface area contributed by atoms with Gasteiger partial charge in [0, 0.05) is 44.8 Å². The molecule has 0 aromatic heterocycles. The lowest BCUT2D eigenvalue weighted by Crippen LogP contribution is -2.44. The molecule has 4 amide bonds. The molecule has 1 aliphatic heterocycles. The highest BCUT2D eigenvalue weighted by Gasteiger charge is 2.22. The van der Waals surface area contributed by atoms with E-state index in [1.54, 1.807) is 12.1 Å². The third kappa shape index (κ3) is 11.9. The van der Waals surface area contributed by atoms with E-state index in [2.05, 4.69) is 31.5 Å². The summed E-state index contributed by atoms with van der Waals surface area (Å²) in [4.78, 5) is 37.7. The number of likely N-dealkylation sites (tertiary alicyclic amines) is 1. The minimum atomic E-state index is -0.770. The average molecular weight is 647 g/mol. The van der Waals surface area contributed by atoms with Gasteiger partial charge in [-0.3, -0.25) is 10.1 Å². The standard InChI is InChI=1S/C35H46N6O6/c42-25-39-31-23-27(13-14-32(31)43)33(44)24-36-17-7-2-8-18-37-34(45)38-19-22-41-20-15-28(16-21-41)47-35(46)40-30-12-6-5-11-29(30)26-9-3-1-4-10-26/h1,3-6,9-14,23,25,28,33,36,43-44H,2,7-8,15-22,24H2,(H,39,42)(H,40,46)(H2,37,38,45)/t33-/m1/s1. The molecule has 3 aromatic carbocycles. The van der Waals surface area contributed by atoms with Gasteiger partial charge in [-0.1, -0.05) is 61.0 Å². The van der Waals surface area contributed by atoms with E-state index < -0.39 is 12.2 Å². The van der Waals surface area contributed by atoms with Gasteiger partial charge in [0.1, 0.15) is 11.9 Å². The Morgan fingerprint density at radius 2 is 1.62 bits per heavy atom. The first-order chi connectivity index (χ1) is 22.9. The van der Waals surface area contributed by atoms with Gasteiger partial charge < -0.3 is 41.1 Å². The first-order valence-electron chi connectivity index (χ1n) is 16.2. The number of para-hydroxylation sites is 1. The van der Waals surface area contributed by atoms with Crippen LogP contribution in [0.3, 0.4) is 0 Å². The Balaban J connectivity index is 0.998. The zero-order valence-electron chi connectivity index (χ0n) is 26.6. The molecular weight excluding hydrogens is 600 g/mol. The Morgan fingerprint density at radius 1 is 0.894 bits per heavy atom. The number of rotatable bonds is 17. The molecule has 4 rings (SSSR count). The van der Waals surface area contributed by atoms with Crippen LogP contribution in [-0.4, -0.2) is 85.6 Å². The van der Waals surface area contributed by atoms with Gasteiger partial charge in [0.15, 0.2) is 0 Å². The smallest absolute Gasteiger partial charge is 0.411 e. The molecule has 0 aliphatic carbocycles. The number of aliphatic hydroxyl groups excluding tert-OH is 1. The topological polar surface area (TPSA) is 164 Å². The minimum Gasteiger partial charge on any atom is -0.506 e. The average Bonchev–Trinajstić information content (AvgIpc) is 3.08. The van der Waals surface area contributed by atoms with Gasteiger partial charge in [0.2, 0.25) is 6.41 Å². The van der Waals surface area contributed by atoms with Crippen LogP contribution in [0.15, 0.2) is 72.8 Å². The van der Waals surface area contributed by atoms with Crippen LogP contribution in [0.5, 0.6) is 5.75 Å². The van der Waals surface area contributed by atoms with Crippen molar-refractivity contribution in [1.29, 1.82) is 0 Å². The Labute approximate surface area is 275 Å². The summed E-state index contributed by atoms with van der Waals surface area (Å²) in [5.74, 6) is -0.0594. The van der Waals surface area contributed by atoms with Crippen LogP contribution in [0, 0.1) is 0 Å². The summed E-state index contributed by atoms with van der Waals surface area (Å²) in [5, 5.41) is 34.4. The highest BCUT2D eigenvalue weighted by atomic mass is 16.6. The number of nitrogens with zero attached hydrogens (tertiary/aromatic N) is 1. The van der Waals surface area contributed by atoms with E-state index in [0.29, 0.717) is 37.3 Å². The lowest BCUT2D eigenvalue weighted by Gasteiger charge is -2.31. The predicted octanol–water partition coefficient (Wildman–Crippen LogP) is 4.43. The van der Waals surface area contributed by atoms with Crippen LogP contribution in [0.4, 0.5) is 21.0 Å². The number of aliphatic hydroxyl groups is 1. The van der Waals surface area contributed by atoms with Gasteiger partial charge >= 0.3 is 12.1 Å². The second-order valence-electron chi connectivity index (χ2n) is 11.5. The van der Waals surface area contributed by atoms with E-state index in [0.717, 1.165) is 69.4 Å². The van der Waals surface area contributed by atoms with Crippen molar-refractivity contribution in [3.63, 3.8) is 0 Å². The maximum Gasteiger partial charge on any atom is 0.411 e. The number of amides is 4. The summed E-state index contributed by atoms with van der Waals surface area (Å²) in [6, 6.07) is 22.0. The van der Waals surface area contributed by atoms with Crippen molar-refractivity contribution in [1.82, 2.24) is 20.9 Å². The number of carbonyl (C=O) groups is 3. The molecule has 1 fully saturated rings. The number of aromatic hydroxyl groups is 1. The number of anilines is 2. The Kier molecular flexibility index (Phi) is 14.3. The van der Waals surface area contributed by atoms with Crippen molar-refractivity contribution in [2.45, 2.75) is 44.3 Å². The van der Waals surface area contributed by atoms with Crippen LogP contribution in [0.2, 0.25) is 0 Å². The lowest BCUT2D eigenvalue weighted by molar-refractivity contribution is -0.105. The minimum absolute atomic E-state index is 0.0594. The van der Waals surface area contributed by atoms with Crippen molar-refractivity contribution in [2.24, 2.45) is 0 Å². The molecule has 3 aromatic rings. The molecule has 0 radical (unpaired) electrons. The third-order valence-electron chi connectivity index (χ3n) is 8.04. The second-order valence-corrected chi connectivity index (χ2v) is 11.5. The Bertz CT molecular complexity index is 1420. The molecule has 0 saturated carbocycles. The number of urea groups is 1. The quantitative estimate of drug-likeness (QED) is 0.0643. The van der Waals surface area contributed by atoms with Gasteiger partial charge in [-0.15, -0.1) is 0 Å². The molecule has 7 N–H and O–H groups in total. The summed E-state index contributed by atoms with van der Waals surface area (Å²) in [5.41, 5.74) is 3.53. The Hall–Kier alpha value is -4.65. The van der Waals surface area contributed by atoms with E-state index in [1.165, 1.54) is 6.07 Å². The number of piperidine rings is 1. The number of hydrogen-bond acceptors (Lipinski definition) is 8. The number of nitrogens with one attached hydrogen (secondary N) is 5. The van der Waals surface area contributed by atoms with E-state index in [9.17, 15) is 24.6 Å². The fourth-order valence-corrected chi connectivity index (χ4v) is 5.44. The van der Waals surface area contributed by atoms with E-state index >= 15 is 0 Å². The van der Waals surface area contributed by atoms with Crippen molar-refractivity contribution in [3.8, 4) is 16.9 Å². The molecule has 1 saturated heterocycles. The molecule has 252 valence electrons. The second kappa shape index (κ2) is 19.1. The number of phenols is 1. The lowest BCUT2D eigenvalue weighted by atomic mass is 10.0. The van der Waals surface area contributed by atoms with Gasteiger partial charge in [-0.2, -0.15) is 0 Å². The van der Waals surface area contributed by atoms with Crippen molar-refractivity contribution >= 4 is 29.9 Å². The molecule has 12 heteroatoms. The summed E-state index contributed by atoms with van der Waals surface area (Å²) >= 11 is 0. The third-order valence-corrected chi connectivity index (χ3v) is 8.04. The van der Waals surface area contributed by atoms with Crippen molar-refractivity contribution in [2.75, 3.05) is 56.4 Å². The highest BCUT2D eigenvalue weighted by molar-refractivity contribution is 5.91. The van der Waals surface area contributed by atoms with Gasteiger partial charge in [0.05, 0.1) is 17.5 Å². The zero-order valence-corrected chi connectivity index (χ0v) is 26.6. The number of unbranched alkanes of at least 4 members (excludes halogenated alkanes) is 2. The normalized spacial score (nSPS) is 14.1. The summed E-state index contributed by atoms with van der Waals surface area (Å²) in [6.07, 6.45) is 3.25. The molecular formula is C35H46N6O6. The van der Waals surface area contributed by atoms with Crippen LogP contribution in [-0.2, 0) is 9.53 Å². The van der Waals surface area contributed by atoms with E-state index in [-0.39, 0.29) is 23.6 Å². The number of benzene rings is 3. The summed E-state index contributed by atoms with van der Waals surface area (Å²) in [7, 11) is 0. The fraction of sp³-hybridized carbons (Fsp3) is 0.400. The molecule has 1 atom stereocenters. The summed E-state index contributed by atoms with van der Waals surface area (Å²) < 4.78 is 5.72. The van der Waals surface area contributed by atoms with Crippen LogP contribution >= 0.6 is 0 Å². The number of ether oxygens (including phenoxy) is 1. The molecule has 47 heavy (non-hydrogen) atoms. The monoisotopic (exact) mass is 646 g/mol.